The Bertz CT molecular complexity index is 330. The van der Waals surface area contributed by atoms with Gasteiger partial charge in [-0.2, -0.15) is 0 Å². The number of carbonyl (C=O) groups excluding carboxylic acids is 1. The van der Waals surface area contributed by atoms with E-state index in [-0.39, 0.29) is 12.5 Å². The molecule has 1 aromatic carbocycles. The van der Waals surface area contributed by atoms with Crippen molar-refractivity contribution in [3.8, 4) is 0 Å². The molecule has 0 saturated heterocycles. The molecule has 0 radical (unpaired) electrons. The van der Waals surface area contributed by atoms with Gasteiger partial charge in [-0.15, -0.1) is 0 Å². The van der Waals surface area contributed by atoms with Crippen molar-refractivity contribution in [1.82, 2.24) is 0 Å². The summed E-state index contributed by atoms with van der Waals surface area (Å²) in [6.07, 6.45) is 0. The zero-order valence-electron chi connectivity index (χ0n) is 6.68. The summed E-state index contributed by atoms with van der Waals surface area (Å²) in [5, 5.41) is 3.23. The summed E-state index contributed by atoms with van der Waals surface area (Å²) >= 11 is 8.98. The van der Waals surface area contributed by atoms with Crippen LogP contribution in [0, 0.1) is 0 Å². The quantitative estimate of drug-likeness (QED) is 0.857. The first-order valence-corrected chi connectivity index (χ1v) is 4.75. The monoisotopic (exact) mass is 262 g/mol. The van der Waals surface area contributed by atoms with E-state index in [9.17, 15) is 4.79 Å². The summed E-state index contributed by atoms with van der Waals surface area (Å²) in [4.78, 5) is 10.9. The Morgan fingerprint density at radius 3 is 2.85 bits per heavy atom. The molecule has 1 rings (SSSR count). The van der Waals surface area contributed by atoms with E-state index in [1.54, 1.807) is 18.2 Å². The van der Waals surface area contributed by atoms with E-state index in [0.717, 1.165) is 4.47 Å². The molecule has 0 unspecified atom stereocenters. The lowest BCUT2D eigenvalue weighted by atomic mass is 10.3. The van der Waals surface area contributed by atoms with Crippen molar-refractivity contribution in [3.63, 3.8) is 0 Å². The Hall–Kier alpha value is -0.580. The van der Waals surface area contributed by atoms with Crippen molar-refractivity contribution in [3.05, 3.63) is 27.7 Å². The van der Waals surface area contributed by atoms with Crippen molar-refractivity contribution >= 4 is 39.1 Å². The fourth-order valence-corrected chi connectivity index (χ4v) is 1.57. The van der Waals surface area contributed by atoms with Gasteiger partial charge in [0.1, 0.15) is 0 Å². The molecule has 0 bridgehead atoms. The van der Waals surface area contributed by atoms with Gasteiger partial charge in [0.05, 0.1) is 12.2 Å². The van der Waals surface area contributed by atoms with Gasteiger partial charge in [-0.05, 0) is 34.1 Å². The molecule has 0 heterocycles. The van der Waals surface area contributed by atoms with Gasteiger partial charge in [-0.3, -0.25) is 4.79 Å². The minimum Gasteiger partial charge on any atom is -0.324 e. The molecule has 0 fully saturated rings. The van der Waals surface area contributed by atoms with E-state index in [1.807, 2.05) is 0 Å². The Kier molecular flexibility index (Phi) is 3.71. The van der Waals surface area contributed by atoms with Gasteiger partial charge in [0.25, 0.3) is 0 Å². The minimum atomic E-state index is -0.233. The third-order valence-corrected chi connectivity index (χ3v) is 2.28. The number of halogens is 2. The van der Waals surface area contributed by atoms with Crippen LogP contribution in [0.1, 0.15) is 0 Å². The lowest BCUT2D eigenvalue weighted by molar-refractivity contribution is -0.114. The van der Waals surface area contributed by atoms with Crippen LogP contribution in [-0.2, 0) is 4.79 Å². The van der Waals surface area contributed by atoms with Gasteiger partial charge in [-0.25, -0.2) is 0 Å². The first-order valence-electron chi connectivity index (χ1n) is 3.58. The van der Waals surface area contributed by atoms with Crippen LogP contribution in [0.3, 0.4) is 0 Å². The van der Waals surface area contributed by atoms with Crippen molar-refractivity contribution < 1.29 is 4.79 Å². The van der Waals surface area contributed by atoms with Crippen LogP contribution in [0.25, 0.3) is 0 Å². The number of nitrogens with one attached hydrogen (secondary N) is 1. The summed E-state index contributed by atoms with van der Waals surface area (Å²) in [7, 11) is 0. The van der Waals surface area contributed by atoms with Crippen LogP contribution in [-0.4, -0.2) is 12.5 Å². The molecule has 0 spiro atoms. The number of carbonyl (C=O) groups is 1. The van der Waals surface area contributed by atoms with Gasteiger partial charge < -0.3 is 11.1 Å². The average molecular weight is 264 g/mol. The molecule has 3 N–H and O–H groups in total. The van der Waals surface area contributed by atoms with Gasteiger partial charge in [-0.1, -0.05) is 11.6 Å². The third-order valence-electron chi connectivity index (χ3n) is 1.39. The number of anilines is 1. The first kappa shape index (κ1) is 10.5. The summed E-state index contributed by atoms with van der Waals surface area (Å²) in [5.41, 5.74) is 5.81. The lowest BCUT2D eigenvalue weighted by Gasteiger charge is -2.05. The lowest BCUT2D eigenvalue weighted by Crippen LogP contribution is -2.21. The molecule has 0 aromatic heterocycles. The Morgan fingerprint density at radius 2 is 2.31 bits per heavy atom. The highest BCUT2D eigenvalue weighted by Gasteiger charge is 2.03. The second-order valence-electron chi connectivity index (χ2n) is 2.38. The van der Waals surface area contributed by atoms with Crippen LogP contribution in [0.4, 0.5) is 5.69 Å². The van der Waals surface area contributed by atoms with Crippen LogP contribution < -0.4 is 11.1 Å². The normalized spacial score (nSPS) is 9.77. The van der Waals surface area contributed by atoms with Crippen LogP contribution in [0.2, 0.25) is 5.02 Å². The van der Waals surface area contributed by atoms with Crippen molar-refractivity contribution in [2.24, 2.45) is 5.73 Å². The van der Waals surface area contributed by atoms with Crippen molar-refractivity contribution in [2.75, 3.05) is 11.9 Å². The molecule has 3 nitrogen and oxygen atoms in total. The number of amides is 1. The number of rotatable bonds is 2. The van der Waals surface area contributed by atoms with E-state index in [2.05, 4.69) is 21.2 Å². The molecule has 0 saturated carbocycles. The number of hydrogen-bond donors (Lipinski definition) is 2. The van der Waals surface area contributed by atoms with Crippen LogP contribution >= 0.6 is 27.5 Å². The molecule has 0 aliphatic heterocycles. The first-order chi connectivity index (χ1) is 6.13. The summed E-state index contributed by atoms with van der Waals surface area (Å²) < 4.78 is 0.738. The fraction of sp³-hybridized carbons (Fsp3) is 0.125. The molecule has 0 aliphatic rings. The Balaban J connectivity index is 2.83. The predicted molar refractivity (Wildman–Crippen MR) is 56.8 cm³/mol. The van der Waals surface area contributed by atoms with Crippen molar-refractivity contribution in [2.45, 2.75) is 0 Å². The standard InChI is InChI=1S/C8H8BrClN2O/c9-6-3-5(10)1-2-7(6)12-8(13)4-11/h1-3H,4,11H2,(H,12,13). The maximum atomic E-state index is 10.9. The van der Waals surface area contributed by atoms with Gasteiger partial charge >= 0.3 is 0 Å². The molecule has 1 aromatic rings. The zero-order valence-corrected chi connectivity index (χ0v) is 9.02. The molecule has 1 amide bonds. The third kappa shape index (κ3) is 2.99. The maximum Gasteiger partial charge on any atom is 0.238 e. The van der Waals surface area contributed by atoms with E-state index < -0.39 is 0 Å². The Labute approximate surface area is 89.4 Å². The molecular weight excluding hydrogens is 255 g/mol. The molecule has 0 aliphatic carbocycles. The second kappa shape index (κ2) is 4.60. The highest BCUT2D eigenvalue weighted by atomic mass is 79.9. The fourth-order valence-electron chi connectivity index (χ4n) is 0.792. The number of benzene rings is 1. The SMILES string of the molecule is NCC(=O)Nc1ccc(Cl)cc1Br. The Morgan fingerprint density at radius 1 is 1.62 bits per heavy atom. The van der Waals surface area contributed by atoms with Gasteiger partial charge in [0.2, 0.25) is 5.91 Å². The molecule has 5 heteroatoms. The molecule has 70 valence electrons. The van der Waals surface area contributed by atoms with E-state index in [0.29, 0.717) is 10.7 Å². The maximum absolute atomic E-state index is 10.9. The molecule has 13 heavy (non-hydrogen) atoms. The minimum absolute atomic E-state index is 0.0327. The smallest absolute Gasteiger partial charge is 0.238 e. The topological polar surface area (TPSA) is 55.1 Å². The summed E-state index contributed by atoms with van der Waals surface area (Å²) in [6.45, 7) is -0.0327. The zero-order chi connectivity index (χ0) is 9.84. The molecule has 0 atom stereocenters. The highest BCUT2D eigenvalue weighted by Crippen LogP contribution is 2.25. The second-order valence-corrected chi connectivity index (χ2v) is 3.67. The number of hydrogen-bond acceptors (Lipinski definition) is 2. The van der Waals surface area contributed by atoms with Crippen molar-refractivity contribution in [1.29, 1.82) is 0 Å². The van der Waals surface area contributed by atoms with Gasteiger partial charge in [0.15, 0.2) is 0 Å². The summed E-state index contributed by atoms with van der Waals surface area (Å²) in [5.74, 6) is -0.233. The highest BCUT2D eigenvalue weighted by molar-refractivity contribution is 9.10. The van der Waals surface area contributed by atoms with E-state index >= 15 is 0 Å². The number of nitrogens with two attached hydrogens (primary N) is 1. The van der Waals surface area contributed by atoms with Crippen LogP contribution in [0.15, 0.2) is 22.7 Å². The van der Waals surface area contributed by atoms with Gasteiger partial charge in [0, 0.05) is 9.50 Å². The summed E-state index contributed by atoms with van der Waals surface area (Å²) in [6, 6.07) is 5.10. The largest absolute Gasteiger partial charge is 0.324 e. The van der Waals surface area contributed by atoms with Crippen LogP contribution in [0.5, 0.6) is 0 Å². The van der Waals surface area contributed by atoms with E-state index in [1.165, 1.54) is 0 Å². The predicted octanol–water partition coefficient (Wildman–Crippen LogP) is 2.00. The average Bonchev–Trinajstić information content (AvgIpc) is 2.09. The van der Waals surface area contributed by atoms with E-state index in [4.69, 9.17) is 17.3 Å². The molecular formula is C8H8BrClN2O.